The topological polar surface area (TPSA) is 76.0 Å². The molecule has 6 nitrogen and oxygen atoms in total. The molecule has 0 saturated heterocycles. The second-order valence-corrected chi connectivity index (χ2v) is 5.91. The number of aryl methyl sites for hydroxylation is 1. The predicted molar refractivity (Wildman–Crippen MR) is 92.5 cm³/mol. The van der Waals surface area contributed by atoms with Gasteiger partial charge in [0.1, 0.15) is 0 Å². The first-order chi connectivity index (χ1) is 11.0. The van der Waals surface area contributed by atoms with Gasteiger partial charge in [-0.1, -0.05) is 11.6 Å². The van der Waals surface area contributed by atoms with Gasteiger partial charge in [0, 0.05) is 24.7 Å². The van der Waals surface area contributed by atoms with Gasteiger partial charge < -0.3 is 10.6 Å². The first-order valence-corrected chi connectivity index (χ1v) is 8.54. The molecule has 2 rings (SSSR count). The Bertz CT molecular complexity index is 745. The Morgan fingerprint density at radius 2 is 2.09 bits per heavy atom. The number of nitrogens with one attached hydrogen (secondary N) is 2. The standard InChI is InChI=1S/C15H17ClN4O2S/c1-4-20-8-12(13(19-20)15(22)17-2)18-14(21)10-7-9(23-3)5-6-11(10)16/h5-8H,4H2,1-3H3,(H,17,22)(H,18,21). The van der Waals surface area contributed by atoms with Gasteiger partial charge in [0.05, 0.1) is 16.3 Å². The zero-order valence-electron chi connectivity index (χ0n) is 13.0. The van der Waals surface area contributed by atoms with Gasteiger partial charge in [-0.15, -0.1) is 11.8 Å². The van der Waals surface area contributed by atoms with E-state index in [4.69, 9.17) is 11.6 Å². The van der Waals surface area contributed by atoms with Gasteiger partial charge in [0.2, 0.25) is 0 Å². The van der Waals surface area contributed by atoms with Gasteiger partial charge >= 0.3 is 0 Å². The minimum Gasteiger partial charge on any atom is -0.354 e. The summed E-state index contributed by atoms with van der Waals surface area (Å²) in [7, 11) is 1.51. The van der Waals surface area contributed by atoms with Crippen LogP contribution in [-0.2, 0) is 6.54 Å². The minimum atomic E-state index is -0.383. The van der Waals surface area contributed by atoms with E-state index in [2.05, 4.69) is 15.7 Å². The molecule has 0 aliphatic rings. The van der Waals surface area contributed by atoms with Crippen molar-refractivity contribution in [3.05, 3.63) is 40.7 Å². The molecule has 2 N–H and O–H groups in total. The maximum atomic E-state index is 12.5. The molecule has 2 aromatic rings. The van der Waals surface area contributed by atoms with Crippen LogP contribution in [0.1, 0.15) is 27.8 Å². The molecule has 1 aromatic heterocycles. The molecule has 0 aliphatic heterocycles. The number of benzene rings is 1. The molecule has 0 saturated carbocycles. The van der Waals surface area contributed by atoms with Crippen LogP contribution in [0.2, 0.25) is 5.02 Å². The van der Waals surface area contributed by atoms with E-state index in [0.717, 1.165) is 4.90 Å². The molecular weight excluding hydrogens is 336 g/mol. The fourth-order valence-corrected chi connectivity index (χ4v) is 2.60. The summed E-state index contributed by atoms with van der Waals surface area (Å²) in [6.45, 7) is 2.48. The third-order valence-electron chi connectivity index (χ3n) is 3.19. The first-order valence-electron chi connectivity index (χ1n) is 6.94. The number of hydrogen-bond donors (Lipinski definition) is 2. The maximum absolute atomic E-state index is 12.5. The van der Waals surface area contributed by atoms with Gasteiger partial charge in [0.25, 0.3) is 11.8 Å². The summed E-state index contributed by atoms with van der Waals surface area (Å²) in [5, 5.41) is 9.73. The Hall–Kier alpha value is -1.99. The Kier molecular flexibility index (Phi) is 5.68. The van der Waals surface area contributed by atoms with Crippen molar-refractivity contribution in [1.29, 1.82) is 0 Å². The molecule has 1 aromatic carbocycles. The van der Waals surface area contributed by atoms with Gasteiger partial charge in [-0.25, -0.2) is 0 Å². The summed E-state index contributed by atoms with van der Waals surface area (Å²) < 4.78 is 1.58. The van der Waals surface area contributed by atoms with Crippen LogP contribution in [-0.4, -0.2) is 34.9 Å². The highest BCUT2D eigenvalue weighted by Gasteiger charge is 2.19. The highest BCUT2D eigenvalue weighted by molar-refractivity contribution is 7.98. The highest BCUT2D eigenvalue weighted by Crippen LogP contribution is 2.24. The number of carbonyl (C=O) groups is 2. The van der Waals surface area contributed by atoms with Crippen molar-refractivity contribution in [1.82, 2.24) is 15.1 Å². The number of anilines is 1. The molecule has 0 spiro atoms. The average molecular weight is 353 g/mol. The molecule has 1 heterocycles. The minimum absolute atomic E-state index is 0.167. The third kappa shape index (κ3) is 3.86. The molecule has 122 valence electrons. The van der Waals surface area contributed by atoms with E-state index in [9.17, 15) is 9.59 Å². The van der Waals surface area contributed by atoms with E-state index >= 15 is 0 Å². The number of amides is 2. The number of halogens is 1. The number of rotatable bonds is 5. The SMILES string of the molecule is CCn1cc(NC(=O)c2cc(SC)ccc2Cl)c(C(=O)NC)n1. The van der Waals surface area contributed by atoms with Crippen LogP contribution in [0.25, 0.3) is 0 Å². The molecule has 0 radical (unpaired) electrons. The second-order valence-electron chi connectivity index (χ2n) is 4.63. The number of nitrogens with zero attached hydrogens (tertiary/aromatic N) is 2. The van der Waals surface area contributed by atoms with Crippen LogP contribution in [0, 0.1) is 0 Å². The summed E-state index contributed by atoms with van der Waals surface area (Å²) >= 11 is 7.62. The van der Waals surface area contributed by atoms with Crippen LogP contribution in [0.4, 0.5) is 5.69 Å². The number of thioether (sulfide) groups is 1. The summed E-state index contributed by atoms with van der Waals surface area (Å²) in [6, 6.07) is 5.23. The van der Waals surface area contributed by atoms with E-state index in [1.807, 2.05) is 19.2 Å². The van der Waals surface area contributed by atoms with Crippen molar-refractivity contribution in [2.24, 2.45) is 0 Å². The lowest BCUT2D eigenvalue weighted by molar-refractivity contribution is 0.0958. The third-order valence-corrected chi connectivity index (χ3v) is 4.25. The van der Waals surface area contributed by atoms with Crippen LogP contribution in [0.3, 0.4) is 0 Å². The Labute approximate surface area is 143 Å². The molecule has 23 heavy (non-hydrogen) atoms. The molecule has 0 unspecified atom stereocenters. The fourth-order valence-electron chi connectivity index (χ4n) is 1.96. The molecule has 0 fully saturated rings. The maximum Gasteiger partial charge on any atom is 0.273 e. The summed E-state index contributed by atoms with van der Waals surface area (Å²) in [4.78, 5) is 25.3. The Morgan fingerprint density at radius 1 is 1.35 bits per heavy atom. The second kappa shape index (κ2) is 7.52. The number of aromatic nitrogens is 2. The average Bonchev–Trinajstić information content (AvgIpc) is 2.97. The van der Waals surface area contributed by atoms with Crippen molar-refractivity contribution >= 4 is 40.9 Å². The first kappa shape index (κ1) is 17.4. The molecule has 0 atom stereocenters. The van der Waals surface area contributed by atoms with Crippen molar-refractivity contribution in [2.45, 2.75) is 18.4 Å². The predicted octanol–water partition coefficient (Wildman–Crippen LogP) is 2.89. The van der Waals surface area contributed by atoms with Crippen molar-refractivity contribution in [3.63, 3.8) is 0 Å². The van der Waals surface area contributed by atoms with Gasteiger partial charge in [0.15, 0.2) is 5.69 Å². The molecule has 8 heteroatoms. The molecule has 0 aliphatic carbocycles. The Balaban J connectivity index is 2.33. The van der Waals surface area contributed by atoms with E-state index in [1.54, 1.807) is 23.0 Å². The fraction of sp³-hybridized carbons (Fsp3) is 0.267. The summed E-state index contributed by atoms with van der Waals surface area (Å²) in [6.07, 6.45) is 3.54. The smallest absolute Gasteiger partial charge is 0.273 e. The molecule has 0 bridgehead atoms. The summed E-state index contributed by atoms with van der Waals surface area (Å²) in [5.74, 6) is -0.747. The largest absolute Gasteiger partial charge is 0.354 e. The number of hydrogen-bond acceptors (Lipinski definition) is 4. The highest BCUT2D eigenvalue weighted by atomic mass is 35.5. The van der Waals surface area contributed by atoms with E-state index in [-0.39, 0.29) is 17.5 Å². The van der Waals surface area contributed by atoms with Gasteiger partial charge in [-0.05, 0) is 31.4 Å². The van der Waals surface area contributed by atoms with Crippen LogP contribution in [0.15, 0.2) is 29.3 Å². The zero-order valence-corrected chi connectivity index (χ0v) is 14.6. The van der Waals surface area contributed by atoms with E-state index < -0.39 is 0 Å². The Morgan fingerprint density at radius 3 is 2.70 bits per heavy atom. The van der Waals surface area contributed by atoms with Crippen LogP contribution < -0.4 is 10.6 Å². The lowest BCUT2D eigenvalue weighted by atomic mass is 10.2. The van der Waals surface area contributed by atoms with E-state index in [1.165, 1.54) is 18.8 Å². The van der Waals surface area contributed by atoms with Gasteiger partial charge in [-0.3, -0.25) is 14.3 Å². The quantitative estimate of drug-likeness (QED) is 0.811. The lowest BCUT2D eigenvalue weighted by Crippen LogP contribution is -2.21. The number of carbonyl (C=O) groups excluding carboxylic acids is 2. The van der Waals surface area contributed by atoms with Crippen LogP contribution >= 0.6 is 23.4 Å². The van der Waals surface area contributed by atoms with Crippen molar-refractivity contribution < 1.29 is 9.59 Å². The zero-order chi connectivity index (χ0) is 17.0. The van der Waals surface area contributed by atoms with Crippen molar-refractivity contribution in [2.75, 3.05) is 18.6 Å². The summed E-state index contributed by atoms with van der Waals surface area (Å²) in [5.41, 5.74) is 0.868. The normalized spacial score (nSPS) is 10.4. The monoisotopic (exact) mass is 352 g/mol. The van der Waals surface area contributed by atoms with Gasteiger partial charge in [-0.2, -0.15) is 5.10 Å². The lowest BCUT2D eigenvalue weighted by Gasteiger charge is -2.07. The molecular formula is C15H17ClN4O2S. The van der Waals surface area contributed by atoms with Crippen molar-refractivity contribution in [3.8, 4) is 0 Å². The molecule has 2 amide bonds. The van der Waals surface area contributed by atoms with E-state index in [0.29, 0.717) is 22.8 Å². The van der Waals surface area contributed by atoms with Crippen LogP contribution in [0.5, 0.6) is 0 Å².